The van der Waals surface area contributed by atoms with Crippen LogP contribution in [0.15, 0.2) is 0 Å². The van der Waals surface area contributed by atoms with Gasteiger partial charge in [0.05, 0.1) is 12.7 Å². The molecule has 0 radical (unpaired) electrons. The van der Waals surface area contributed by atoms with Crippen molar-refractivity contribution < 1.29 is 9.18 Å². The molecule has 92 valence electrons. The lowest BCUT2D eigenvalue weighted by Gasteiger charge is -2.34. The molecule has 2 saturated heterocycles. The van der Waals surface area contributed by atoms with Crippen molar-refractivity contribution in [1.29, 1.82) is 0 Å². The zero-order valence-corrected chi connectivity index (χ0v) is 9.75. The lowest BCUT2D eigenvalue weighted by molar-refractivity contribution is -0.135. The van der Waals surface area contributed by atoms with E-state index < -0.39 is 0 Å². The molecule has 0 saturated carbocycles. The summed E-state index contributed by atoms with van der Waals surface area (Å²) < 4.78 is 12.4. The molecule has 2 aliphatic rings. The first-order valence-corrected chi connectivity index (χ1v) is 6.39. The van der Waals surface area contributed by atoms with Crippen molar-refractivity contribution in [3.05, 3.63) is 0 Å². The molecule has 1 N–H and O–H groups in total. The largest absolute Gasteiger partial charge is 0.341 e. The first-order valence-electron chi connectivity index (χ1n) is 6.39. The maximum atomic E-state index is 12.4. The van der Waals surface area contributed by atoms with Crippen LogP contribution < -0.4 is 5.32 Å². The quantitative estimate of drug-likeness (QED) is 0.773. The highest BCUT2D eigenvalue weighted by molar-refractivity contribution is 5.82. The fraction of sp³-hybridized carbons (Fsp3) is 0.917. The van der Waals surface area contributed by atoms with Gasteiger partial charge in [-0.05, 0) is 38.1 Å². The van der Waals surface area contributed by atoms with Gasteiger partial charge in [-0.3, -0.25) is 9.18 Å². The Morgan fingerprint density at radius 2 is 2.00 bits per heavy atom. The van der Waals surface area contributed by atoms with Crippen molar-refractivity contribution in [2.24, 2.45) is 5.92 Å². The highest BCUT2D eigenvalue weighted by atomic mass is 19.1. The van der Waals surface area contributed by atoms with Crippen LogP contribution in [0.4, 0.5) is 4.39 Å². The molecule has 2 heterocycles. The first kappa shape index (κ1) is 11.8. The number of carbonyl (C=O) groups excluding carboxylic acids is 1. The normalized spacial score (nSPS) is 28.1. The van der Waals surface area contributed by atoms with Gasteiger partial charge < -0.3 is 10.2 Å². The molecule has 3 nitrogen and oxygen atoms in total. The van der Waals surface area contributed by atoms with Gasteiger partial charge in [0.1, 0.15) is 0 Å². The van der Waals surface area contributed by atoms with Crippen molar-refractivity contribution in [3.63, 3.8) is 0 Å². The maximum absolute atomic E-state index is 12.4. The summed E-state index contributed by atoms with van der Waals surface area (Å²) in [6.07, 6.45) is 4.93. The molecular weight excluding hydrogens is 207 g/mol. The molecule has 2 fully saturated rings. The molecule has 2 rings (SSSR count). The molecule has 0 aliphatic carbocycles. The molecule has 4 heteroatoms. The van der Waals surface area contributed by atoms with E-state index in [-0.39, 0.29) is 24.5 Å². The van der Waals surface area contributed by atoms with Crippen molar-refractivity contribution in [1.82, 2.24) is 10.2 Å². The average Bonchev–Trinajstić information content (AvgIpc) is 2.39. The van der Waals surface area contributed by atoms with Crippen LogP contribution in [0.2, 0.25) is 0 Å². The predicted molar refractivity (Wildman–Crippen MR) is 60.9 cm³/mol. The van der Waals surface area contributed by atoms with Crippen molar-refractivity contribution >= 4 is 5.91 Å². The van der Waals surface area contributed by atoms with E-state index in [0.29, 0.717) is 0 Å². The van der Waals surface area contributed by atoms with Crippen LogP contribution in [-0.4, -0.2) is 43.2 Å². The van der Waals surface area contributed by atoms with Crippen LogP contribution in [0.3, 0.4) is 0 Å². The summed E-state index contributed by atoms with van der Waals surface area (Å²) in [4.78, 5) is 14.0. The minimum atomic E-state index is -0.232. The zero-order chi connectivity index (χ0) is 11.4. The lowest BCUT2D eigenvalue weighted by atomic mass is 9.96. The fourth-order valence-corrected chi connectivity index (χ4v) is 2.59. The highest BCUT2D eigenvalue weighted by Gasteiger charge is 2.28. The van der Waals surface area contributed by atoms with E-state index >= 15 is 0 Å². The van der Waals surface area contributed by atoms with Gasteiger partial charge in [0.25, 0.3) is 0 Å². The summed E-state index contributed by atoms with van der Waals surface area (Å²) in [6, 6.07) is 0.0238. The standard InChI is InChI=1S/C12H21FN2O/c13-9-10-4-7-15(8-5-10)12(16)11-3-1-2-6-14-11/h10-11,14H,1-9H2. The Hall–Kier alpha value is -0.640. The summed E-state index contributed by atoms with van der Waals surface area (Å²) in [5.74, 6) is 0.417. The van der Waals surface area contributed by atoms with Crippen LogP contribution in [0.25, 0.3) is 0 Å². The number of hydrogen-bond acceptors (Lipinski definition) is 2. The van der Waals surface area contributed by atoms with Gasteiger partial charge in [-0.15, -0.1) is 0 Å². The predicted octanol–water partition coefficient (Wildman–Crippen LogP) is 1.34. The minimum absolute atomic E-state index is 0.0238. The van der Waals surface area contributed by atoms with Gasteiger partial charge in [0, 0.05) is 13.1 Å². The molecule has 1 atom stereocenters. The Bertz CT molecular complexity index is 233. The third-order valence-corrected chi connectivity index (χ3v) is 3.75. The van der Waals surface area contributed by atoms with E-state index in [1.807, 2.05) is 4.90 Å². The van der Waals surface area contributed by atoms with Crippen LogP contribution >= 0.6 is 0 Å². The van der Waals surface area contributed by atoms with E-state index in [1.54, 1.807) is 0 Å². The second-order valence-electron chi connectivity index (χ2n) is 4.93. The summed E-state index contributed by atoms with van der Waals surface area (Å²) in [5, 5.41) is 3.28. The molecule has 2 aliphatic heterocycles. The number of hydrogen-bond donors (Lipinski definition) is 1. The topological polar surface area (TPSA) is 32.3 Å². The third-order valence-electron chi connectivity index (χ3n) is 3.75. The number of alkyl halides is 1. The molecule has 16 heavy (non-hydrogen) atoms. The maximum Gasteiger partial charge on any atom is 0.239 e. The van der Waals surface area contributed by atoms with Crippen molar-refractivity contribution in [3.8, 4) is 0 Å². The number of nitrogens with zero attached hydrogens (tertiary/aromatic N) is 1. The SMILES string of the molecule is O=C(C1CCCCN1)N1CCC(CF)CC1. The molecule has 1 amide bonds. The van der Waals surface area contributed by atoms with E-state index in [9.17, 15) is 9.18 Å². The molecule has 0 spiro atoms. The second kappa shape index (κ2) is 5.62. The third kappa shape index (κ3) is 2.73. The number of amides is 1. The fourth-order valence-electron chi connectivity index (χ4n) is 2.59. The van der Waals surface area contributed by atoms with Crippen LogP contribution in [0.1, 0.15) is 32.1 Å². The Morgan fingerprint density at radius 3 is 2.56 bits per heavy atom. The summed E-state index contributed by atoms with van der Waals surface area (Å²) >= 11 is 0. The Labute approximate surface area is 96.4 Å². The number of rotatable bonds is 2. The number of carbonyl (C=O) groups is 1. The van der Waals surface area contributed by atoms with E-state index in [0.717, 1.165) is 45.3 Å². The van der Waals surface area contributed by atoms with Crippen molar-refractivity contribution in [2.75, 3.05) is 26.3 Å². The monoisotopic (exact) mass is 228 g/mol. The Morgan fingerprint density at radius 1 is 1.25 bits per heavy atom. The number of nitrogens with one attached hydrogen (secondary N) is 1. The molecule has 0 aromatic rings. The van der Waals surface area contributed by atoms with Gasteiger partial charge in [0.2, 0.25) is 5.91 Å². The summed E-state index contributed by atoms with van der Waals surface area (Å²) in [7, 11) is 0. The van der Waals surface area contributed by atoms with E-state index in [4.69, 9.17) is 0 Å². The van der Waals surface area contributed by atoms with Crippen LogP contribution in [0.5, 0.6) is 0 Å². The van der Waals surface area contributed by atoms with Crippen molar-refractivity contribution in [2.45, 2.75) is 38.1 Å². The Kier molecular flexibility index (Phi) is 4.16. The summed E-state index contributed by atoms with van der Waals surface area (Å²) in [6.45, 7) is 2.21. The summed E-state index contributed by atoms with van der Waals surface area (Å²) in [5.41, 5.74) is 0. The molecule has 1 unspecified atom stereocenters. The molecule has 0 aromatic carbocycles. The van der Waals surface area contributed by atoms with Gasteiger partial charge >= 0.3 is 0 Å². The number of likely N-dealkylation sites (tertiary alicyclic amines) is 1. The van der Waals surface area contributed by atoms with E-state index in [1.165, 1.54) is 6.42 Å². The van der Waals surface area contributed by atoms with Gasteiger partial charge in [0.15, 0.2) is 0 Å². The first-order chi connectivity index (χ1) is 7.81. The molecular formula is C12H21FN2O. The molecule has 0 aromatic heterocycles. The van der Waals surface area contributed by atoms with E-state index in [2.05, 4.69) is 5.32 Å². The number of halogens is 1. The second-order valence-corrected chi connectivity index (χ2v) is 4.93. The zero-order valence-electron chi connectivity index (χ0n) is 9.75. The van der Waals surface area contributed by atoms with Gasteiger partial charge in [-0.25, -0.2) is 0 Å². The van der Waals surface area contributed by atoms with Gasteiger partial charge in [-0.1, -0.05) is 6.42 Å². The van der Waals surface area contributed by atoms with Crippen LogP contribution in [0, 0.1) is 5.92 Å². The lowest BCUT2D eigenvalue weighted by Crippen LogP contribution is -2.50. The van der Waals surface area contributed by atoms with Gasteiger partial charge in [-0.2, -0.15) is 0 Å². The Balaban J connectivity index is 1.81. The highest BCUT2D eigenvalue weighted by Crippen LogP contribution is 2.19. The number of piperidine rings is 2. The average molecular weight is 228 g/mol. The smallest absolute Gasteiger partial charge is 0.239 e. The minimum Gasteiger partial charge on any atom is -0.341 e. The van der Waals surface area contributed by atoms with Crippen LogP contribution in [-0.2, 0) is 4.79 Å². The molecule has 0 bridgehead atoms.